The second-order valence-electron chi connectivity index (χ2n) is 9.87. The van der Waals surface area contributed by atoms with Crippen LogP contribution in [0.4, 0.5) is 5.69 Å². The summed E-state index contributed by atoms with van der Waals surface area (Å²) in [6, 6.07) is 4.56. The molecule has 2 amide bonds. The molecule has 2 heterocycles. The Morgan fingerprint density at radius 3 is 2.65 bits per heavy atom. The van der Waals surface area contributed by atoms with Gasteiger partial charge in [0.1, 0.15) is 12.3 Å². The molecule has 3 aliphatic rings. The maximum absolute atomic E-state index is 13.4. The van der Waals surface area contributed by atoms with Crippen molar-refractivity contribution in [3.63, 3.8) is 0 Å². The van der Waals surface area contributed by atoms with Gasteiger partial charge in [0.15, 0.2) is 6.61 Å². The number of carbonyl (C=O) groups is 2. The number of sulfonamides is 1. The molecule has 0 aromatic heterocycles. The van der Waals surface area contributed by atoms with Crippen LogP contribution in [0, 0.1) is 11.8 Å². The van der Waals surface area contributed by atoms with E-state index in [1.165, 1.54) is 39.8 Å². The van der Waals surface area contributed by atoms with E-state index in [1.807, 2.05) is 0 Å². The Morgan fingerprint density at radius 2 is 1.94 bits per heavy atom. The van der Waals surface area contributed by atoms with Gasteiger partial charge in [-0.25, -0.2) is 8.42 Å². The first-order chi connectivity index (χ1) is 16.2. The fourth-order valence-electron chi connectivity index (χ4n) is 5.16. The van der Waals surface area contributed by atoms with E-state index in [1.54, 1.807) is 6.07 Å². The van der Waals surface area contributed by atoms with Crippen LogP contribution in [0.15, 0.2) is 34.7 Å². The highest BCUT2D eigenvalue weighted by molar-refractivity contribution is 7.89. The largest absolute Gasteiger partial charge is 0.482 e. The number of ether oxygens (including phenoxy) is 1. The standard InChI is InChI=1S/C25H35N3O5S/c1-18-12-19(2)15-27(14-18)34(31,32)21-8-9-23-22(13-21)28(25(30)17-33-23)16-24(29)26-11-10-20-6-4-3-5-7-20/h6,8-9,13,18-19H,3-5,7,10-12,14-17H2,1-2H3,(H,26,29)/t18-,19-/m0/s1. The first-order valence-electron chi connectivity index (χ1n) is 12.3. The molecule has 8 nitrogen and oxygen atoms in total. The van der Waals surface area contributed by atoms with E-state index in [4.69, 9.17) is 4.74 Å². The van der Waals surface area contributed by atoms with E-state index in [0.29, 0.717) is 31.1 Å². The van der Waals surface area contributed by atoms with E-state index < -0.39 is 10.0 Å². The first kappa shape index (κ1) is 24.7. The molecule has 1 aliphatic carbocycles. The van der Waals surface area contributed by atoms with Gasteiger partial charge in [0, 0.05) is 19.6 Å². The normalized spacial score (nSPS) is 23.6. The summed E-state index contributed by atoms with van der Waals surface area (Å²) in [5.74, 6) is 0.326. The van der Waals surface area contributed by atoms with Crippen LogP contribution in [0.3, 0.4) is 0 Å². The first-order valence-corrected chi connectivity index (χ1v) is 13.7. The molecule has 0 unspecified atom stereocenters. The lowest BCUT2D eigenvalue weighted by molar-refractivity contribution is -0.125. The van der Waals surface area contributed by atoms with Gasteiger partial charge in [-0.2, -0.15) is 4.31 Å². The van der Waals surface area contributed by atoms with Gasteiger partial charge < -0.3 is 10.1 Å². The Balaban J connectivity index is 1.47. The molecule has 2 atom stereocenters. The molecule has 34 heavy (non-hydrogen) atoms. The van der Waals surface area contributed by atoms with Gasteiger partial charge in [0.25, 0.3) is 5.91 Å². The number of piperidine rings is 1. The number of allylic oxidation sites excluding steroid dienone is 1. The fraction of sp³-hybridized carbons (Fsp3) is 0.600. The minimum Gasteiger partial charge on any atom is -0.482 e. The van der Waals surface area contributed by atoms with Crippen LogP contribution in [0.5, 0.6) is 5.75 Å². The minimum atomic E-state index is -3.72. The molecule has 1 N–H and O–H groups in total. The molecule has 4 rings (SSSR count). The lowest BCUT2D eigenvalue weighted by Gasteiger charge is -2.34. The zero-order valence-electron chi connectivity index (χ0n) is 20.1. The zero-order chi connectivity index (χ0) is 24.3. The van der Waals surface area contributed by atoms with Crippen molar-refractivity contribution in [1.29, 1.82) is 0 Å². The predicted octanol–water partition coefficient (Wildman–Crippen LogP) is 3.09. The quantitative estimate of drug-likeness (QED) is 0.594. The maximum atomic E-state index is 13.4. The zero-order valence-corrected chi connectivity index (χ0v) is 20.9. The Kier molecular flexibility index (Phi) is 7.62. The summed E-state index contributed by atoms with van der Waals surface area (Å²) < 4.78 is 33.8. The second-order valence-corrected chi connectivity index (χ2v) is 11.8. The third kappa shape index (κ3) is 5.63. The molecule has 1 saturated heterocycles. The number of nitrogens with zero attached hydrogens (tertiary/aromatic N) is 2. The van der Waals surface area contributed by atoms with Gasteiger partial charge in [-0.1, -0.05) is 25.5 Å². The number of carbonyl (C=O) groups excluding carboxylic acids is 2. The number of hydrogen-bond donors (Lipinski definition) is 1. The average Bonchev–Trinajstić information content (AvgIpc) is 2.80. The van der Waals surface area contributed by atoms with Crippen LogP contribution in [0.2, 0.25) is 0 Å². The topological polar surface area (TPSA) is 96.0 Å². The van der Waals surface area contributed by atoms with Gasteiger partial charge in [0.2, 0.25) is 15.9 Å². The van der Waals surface area contributed by atoms with Crippen LogP contribution in [0.25, 0.3) is 0 Å². The third-order valence-electron chi connectivity index (χ3n) is 6.80. The van der Waals surface area contributed by atoms with E-state index >= 15 is 0 Å². The summed E-state index contributed by atoms with van der Waals surface area (Å²) in [4.78, 5) is 26.7. The smallest absolute Gasteiger partial charge is 0.265 e. The van der Waals surface area contributed by atoms with Crippen molar-refractivity contribution in [2.75, 3.05) is 37.7 Å². The van der Waals surface area contributed by atoms with Crippen molar-refractivity contribution in [3.8, 4) is 5.75 Å². The van der Waals surface area contributed by atoms with Gasteiger partial charge in [-0.3, -0.25) is 14.5 Å². The maximum Gasteiger partial charge on any atom is 0.265 e. The number of amides is 2. The van der Waals surface area contributed by atoms with Crippen LogP contribution in [0.1, 0.15) is 52.4 Å². The van der Waals surface area contributed by atoms with Gasteiger partial charge in [0.05, 0.1) is 10.6 Å². The van der Waals surface area contributed by atoms with Gasteiger partial charge in [-0.05, 0) is 68.6 Å². The molecule has 1 aromatic carbocycles. The van der Waals surface area contributed by atoms with Crippen molar-refractivity contribution < 1.29 is 22.7 Å². The van der Waals surface area contributed by atoms with Crippen LogP contribution in [-0.2, 0) is 19.6 Å². The third-order valence-corrected chi connectivity index (χ3v) is 8.63. The Morgan fingerprint density at radius 1 is 1.18 bits per heavy atom. The minimum absolute atomic E-state index is 0.112. The summed E-state index contributed by atoms with van der Waals surface area (Å²) >= 11 is 0. The molecule has 186 valence electrons. The number of hydrogen-bond acceptors (Lipinski definition) is 5. The summed E-state index contributed by atoms with van der Waals surface area (Å²) in [6.07, 6.45) is 8.66. The summed E-state index contributed by atoms with van der Waals surface area (Å²) in [5, 5.41) is 2.89. The number of rotatable bonds is 7. The number of benzene rings is 1. The van der Waals surface area contributed by atoms with E-state index in [-0.39, 0.29) is 41.7 Å². The molecule has 2 aliphatic heterocycles. The molecule has 0 bridgehead atoms. The molecular weight excluding hydrogens is 454 g/mol. The summed E-state index contributed by atoms with van der Waals surface area (Å²) in [7, 11) is -3.72. The molecule has 0 spiro atoms. The summed E-state index contributed by atoms with van der Waals surface area (Å²) in [6.45, 7) is 5.24. The molecule has 1 aromatic rings. The highest BCUT2D eigenvalue weighted by atomic mass is 32.2. The Bertz CT molecular complexity index is 1060. The van der Waals surface area contributed by atoms with Crippen molar-refractivity contribution in [2.45, 2.75) is 57.3 Å². The van der Waals surface area contributed by atoms with E-state index in [9.17, 15) is 18.0 Å². The predicted molar refractivity (Wildman–Crippen MR) is 130 cm³/mol. The Labute approximate surface area is 202 Å². The summed E-state index contributed by atoms with van der Waals surface area (Å²) in [5.41, 5.74) is 1.69. The molecule has 0 radical (unpaired) electrons. The highest BCUT2D eigenvalue weighted by Crippen LogP contribution is 2.36. The van der Waals surface area contributed by atoms with Gasteiger partial charge in [-0.15, -0.1) is 0 Å². The van der Waals surface area contributed by atoms with Crippen LogP contribution >= 0.6 is 0 Å². The number of nitrogens with one attached hydrogen (secondary N) is 1. The Hall–Kier alpha value is -2.39. The molecule has 9 heteroatoms. The lowest BCUT2D eigenvalue weighted by atomic mass is 9.94. The number of fused-ring (bicyclic) bond motifs is 1. The van der Waals surface area contributed by atoms with Crippen molar-refractivity contribution in [1.82, 2.24) is 9.62 Å². The molecule has 0 saturated carbocycles. The van der Waals surface area contributed by atoms with Crippen LogP contribution < -0.4 is 15.0 Å². The van der Waals surface area contributed by atoms with E-state index in [0.717, 1.165) is 25.7 Å². The SMILES string of the molecule is C[C@H]1C[C@H](C)CN(S(=O)(=O)c2ccc3c(c2)N(CC(=O)NCCC2=CCCCC2)C(=O)CO3)C1. The average molecular weight is 490 g/mol. The molecule has 1 fully saturated rings. The van der Waals surface area contributed by atoms with Crippen molar-refractivity contribution in [2.24, 2.45) is 11.8 Å². The van der Waals surface area contributed by atoms with Crippen molar-refractivity contribution in [3.05, 3.63) is 29.8 Å². The van der Waals surface area contributed by atoms with Crippen molar-refractivity contribution >= 4 is 27.5 Å². The number of anilines is 1. The molecular formula is C25H35N3O5S. The van der Waals surface area contributed by atoms with Crippen LogP contribution in [-0.4, -0.2) is 57.3 Å². The second kappa shape index (κ2) is 10.5. The van der Waals surface area contributed by atoms with Gasteiger partial charge >= 0.3 is 0 Å². The fourth-order valence-corrected chi connectivity index (χ4v) is 6.86. The highest BCUT2D eigenvalue weighted by Gasteiger charge is 2.34. The van der Waals surface area contributed by atoms with E-state index in [2.05, 4.69) is 25.2 Å². The lowest BCUT2D eigenvalue weighted by Crippen LogP contribution is -2.45. The monoisotopic (exact) mass is 489 g/mol.